The lowest BCUT2D eigenvalue weighted by atomic mass is 10.1. The molecule has 0 spiro atoms. The third-order valence-electron chi connectivity index (χ3n) is 2.84. The Hall–Kier alpha value is -2.47. The number of hydrogen-bond acceptors (Lipinski definition) is 4. The fourth-order valence-corrected chi connectivity index (χ4v) is 1.95. The lowest BCUT2D eigenvalue weighted by Gasteiger charge is -2.07. The molecule has 0 fully saturated rings. The average molecular weight is 306 g/mol. The van der Waals surface area contributed by atoms with Crippen LogP contribution >= 0.6 is 11.6 Å². The number of aryl methyl sites for hydroxylation is 1. The largest absolute Gasteiger partial charge is 0.324 e. The molecule has 0 saturated heterocycles. The highest BCUT2D eigenvalue weighted by Gasteiger charge is 2.15. The van der Waals surface area contributed by atoms with Crippen molar-refractivity contribution in [3.63, 3.8) is 0 Å². The third kappa shape index (κ3) is 3.76. The maximum Gasteiger partial charge on any atom is 0.273 e. The van der Waals surface area contributed by atoms with Gasteiger partial charge in [-0.3, -0.25) is 14.9 Å². The van der Waals surface area contributed by atoms with Gasteiger partial charge in [-0.2, -0.15) is 0 Å². The van der Waals surface area contributed by atoms with Gasteiger partial charge < -0.3 is 5.32 Å². The summed E-state index contributed by atoms with van der Waals surface area (Å²) in [5.74, 6) is -0.354. The van der Waals surface area contributed by atoms with Crippen LogP contribution in [0, 0.1) is 17.0 Å². The molecule has 1 aromatic carbocycles. The van der Waals surface area contributed by atoms with Crippen molar-refractivity contribution in [2.45, 2.75) is 13.3 Å². The number of aromatic nitrogens is 1. The van der Waals surface area contributed by atoms with E-state index in [9.17, 15) is 14.9 Å². The van der Waals surface area contributed by atoms with Gasteiger partial charge in [-0.1, -0.05) is 29.8 Å². The first-order valence-corrected chi connectivity index (χ1v) is 6.49. The number of nitrogens with one attached hydrogen (secondary N) is 1. The van der Waals surface area contributed by atoms with Crippen molar-refractivity contribution >= 4 is 28.9 Å². The van der Waals surface area contributed by atoms with E-state index in [0.29, 0.717) is 16.4 Å². The number of nitro benzene ring substituents is 1. The second-order valence-corrected chi connectivity index (χ2v) is 4.80. The number of carbonyl (C=O) groups excluding carboxylic acids is 1. The van der Waals surface area contributed by atoms with Crippen molar-refractivity contribution in [1.29, 1.82) is 0 Å². The number of halogens is 1. The first-order valence-electron chi connectivity index (χ1n) is 6.11. The normalized spacial score (nSPS) is 10.2. The maximum absolute atomic E-state index is 12.0. The Labute approximate surface area is 125 Å². The Bertz CT molecular complexity index is 704. The average Bonchev–Trinajstić information content (AvgIpc) is 2.43. The topological polar surface area (TPSA) is 85.1 Å². The molecule has 0 aliphatic carbocycles. The molecule has 2 rings (SSSR count). The van der Waals surface area contributed by atoms with E-state index in [1.165, 1.54) is 12.3 Å². The van der Waals surface area contributed by atoms with Crippen molar-refractivity contribution in [3.8, 4) is 0 Å². The van der Waals surface area contributed by atoms with Gasteiger partial charge in [0.2, 0.25) is 5.91 Å². The van der Waals surface area contributed by atoms with Crippen molar-refractivity contribution in [2.75, 3.05) is 5.32 Å². The summed E-state index contributed by atoms with van der Waals surface area (Å²) in [6, 6.07) is 7.84. The van der Waals surface area contributed by atoms with Crippen LogP contribution in [0.5, 0.6) is 0 Å². The molecule has 7 heteroatoms. The lowest BCUT2D eigenvalue weighted by Crippen LogP contribution is -2.15. The predicted octanol–water partition coefficient (Wildman–Crippen LogP) is 3.13. The van der Waals surface area contributed by atoms with Crippen LogP contribution in [0.15, 0.2) is 36.5 Å². The number of benzene rings is 1. The lowest BCUT2D eigenvalue weighted by molar-refractivity contribution is -0.385. The number of nitrogens with zero attached hydrogens (tertiary/aromatic N) is 2. The SMILES string of the molecule is Cc1cc(NC(=O)Cc2ccccc2[N+](=O)[O-])cnc1Cl. The van der Waals surface area contributed by atoms with Crippen LogP contribution in [0.3, 0.4) is 0 Å². The Morgan fingerprint density at radius 2 is 2.14 bits per heavy atom. The molecule has 0 aliphatic heterocycles. The summed E-state index contributed by atoms with van der Waals surface area (Å²) in [7, 11) is 0. The smallest absolute Gasteiger partial charge is 0.273 e. The van der Waals surface area contributed by atoms with Gasteiger partial charge in [-0.15, -0.1) is 0 Å². The summed E-state index contributed by atoms with van der Waals surface area (Å²) in [5, 5.41) is 13.9. The zero-order chi connectivity index (χ0) is 15.4. The summed E-state index contributed by atoms with van der Waals surface area (Å²) in [5.41, 5.74) is 1.53. The van der Waals surface area contributed by atoms with E-state index in [4.69, 9.17) is 11.6 Å². The standard InChI is InChI=1S/C14H12ClN3O3/c1-9-6-11(8-16-14(9)15)17-13(19)7-10-4-2-3-5-12(10)18(20)21/h2-6,8H,7H2,1H3,(H,17,19). The summed E-state index contributed by atoms with van der Waals surface area (Å²) < 4.78 is 0. The van der Waals surface area contributed by atoms with E-state index in [0.717, 1.165) is 5.56 Å². The van der Waals surface area contributed by atoms with Gasteiger partial charge in [-0.25, -0.2) is 4.98 Å². The van der Waals surface area contributed by atoms with Gasteiger partial charge in [0.05, 0.1) is 23.2 Å². The summed E-state index contributed by atoms with van der Waals surface area (Å²) >= 11 is 5.80. The molecule has 0 radical (unpaired) electrons. The van der Waals surface area contributed by atoms with Gasteiger partial charge in [-0.05, 0) is 18.6 Å². The molecule has 0 saturated carbocycles. The third-order valence-corrected chi connectivity index (χ3v) is 3.23. The zero-order valence-electron chi connectivity index (χ0n) is 11.2. The van der Waals surface area contributed by atoms with E-state index in [1.54, 1.807) is 31.2 Å². The number of para-hydroxylation sites is 1. The molecule has 6 nitrogen and oxygen atoms in total. The molecule has 1 N–H and O–H groups in total. The van der Waals surface area contributed by atoms with Gasteiger partial charge in [0, 0.05) is 11.6 Å². The Kier molecular flexibility index (Phi) is 4.49. The van der Waals surface area contributed by atoms with Crippen LogP contribution < -0.4 is 5.32 Å². The fraction of sp³-hybridized carbons (Fsp3) is 0.143. The summed E-state index contributed by atoms with van der Waals surface area (Å²) in [6.07, 6.45) is 1.35. The van der Waals surface area contributed by atoms with Gasteiger partial charge in [0.1, 0.15) is 5.15 Å². The highest BCUT2D eigenvalue weighted by molar-refractivity contribution is 6.30. The van der Waals surface area contributed by atoms with Crippen LogP contribution in [0.1, 0.15) is 11.1 Å². The molecule has 1 aromatic heterocycles. The minimum Gasteiger partial charge on any atom is -0.324 e. The number of nitro groups is 1. The fourth-order valence-electron chi connectivity index (χ4n) is 1.84. The minimum absolute atomic E-state index is 0.0712. The van der Waals surface area contributed by atoms with Crippen molar-refractivity contribution < 1.29 is 9.72 Å². The van der Waals surface area contributed by atoms with Crippen LogP contribution in [-0.2, 0) is 11.2 Å². The second kappa shape index (κ2) is 6.32. The van der Waals surface area contributed by atoms with Crippen molar-refractivity contribution in [2.24, 2.45) is 0 Å². The van der Waals surface area contributed by atoms with Gasteiger partial charge >= 0.3 is 0 Å². The second-order valence-electron chi connectivity index (χ2n) is 4.44. The Morgan fingerprint density at radius 3 is 2.81 bits per heavy atom. The summed E-state index contributed by atoms with van der Waals surface area (Å²) in [6.45, 7) is 1.77. The maximum atomic E-state index is 12.0. The number of anilines is 1. The molecular formula is C14H12ClN3O3. The quantitative estimate of drug-likeness (QED) is 0.534. The number of amides is 1. The van der Waals surface area contributed by atoms with E-state index in [1.807, 2.05) is 0 Å². The van der Waals surface area contributed by atoms with Crippen LogP contribution in [0.25, 0.3) is 0 Å². The molecule has 0 aliphatic rings. The molecule has 108 valence electrons. The predicted molar refractivity (Wildman–Crippen MR) is 79.4 cm³/mol. The molecule has 1 amide bonds. The molecule has 0 unspecified atom stereocenters. The molecule has 1 heterocycles. The Balaban J connectivity index is 2.12. The highest BCUT2D eigenvalue weighted by Crippen LogP contribution is 2.20. The number of rotatable bonds is 4. The zero-order valence-corrected chi connectivity index (χ0v) is 11.9. The minimum atomic E-state index is -0.503. The van der Waals surface area contributed by atoms with Crippen LogP contribution in [0.4, 0.5) is 11.4 Å². The van der Waals surface area contributed by atoms with Gasteiger partial charge in [0.25, 0.3) is 5.69 Å². The number of pyridine rings is 1. The van der Waals surface area contributed by atoms with Crippen LogP contribution in [-0.4, -0.2) is 15.8 Å². The highest BCUT2D eigenvalue weighted by atomic mass is 35.5. The number of carbonyl (C=O) groups is 1. The van der Waals surface area contributed by atoms with Crippen LogP contribution in [0.2, 0.25) is 5.15 Å². The summed E-state index contributed by atoms with van der Waals surface area (Å²) in [4.78, 5) is 26.3. The van der Waals surface area contributed by atoms with E-state index >= 15 is 0 Å². The molecule has 21 heavy (non-hydrogen) atoms. The van der Waals surface area contributed by atoms with E-state index in [2.05, 4.69) is 10.3 Å². The first kappa shape index (κ1) is 14.9. The number of hydrogen-bond donors (Lipinski definition) is 1. The van der Waals surface area contributed by atoms with Crippen molar-refractivity contribution in [3.05, 3.63) is 62.9 Å². The van der Waals surface area contributed by atoms with E-state index in [-0.39, 0.29) is 18.0 Å². The van der Waals surface area contributed by atoms with Gasteiger partial charge in [0.15, 0.2) is 0 Å². The molecule has 0 bridgehead atoms. The Morgan fingerprint density at radius 1 is 1.43 bits per heavy atom. The van der Waals surface area contributed by atoms with E-state index < -0.39 is 4.92 Å². The molecule has 2 aromatic rings. The molecular weight excluding hydrogens is 294 g/mol. The van der Waals surface area contributed by atoms with Crippen molar-refractivity contribution in [1.82, 2.24) is 4.98 Å². The molecule has 0 atom stereocenters. The monoisotopic (exact) mass is 305 g/mol. The first-order chi connectivity index (χ1) is 9.97.